The number of rotatable bonds is 1. The van der Waals surface area contributed by atoms with Gasteiger partial charge >= 0.3 is 0 Å². The third kappa shape index (κ3) is 1.95. The molecule has 2 nitrogen and oxygen atoms in total. The maximum Gasteiger partial charge on any atom is 0.131 e. The van der Waals surface area contributed by atoms with Gasteiger partial charge in [-0.1, -0.05) is 33.4 Å². The van der Waals surface area contributed by atoms with Crippen molar-refractivity contribution in [1.29, 1.82) is 0 Å². The highest BCUT2D eigenvalue weighted by atomic mass is 15.0. The molecule has 0 aromatic carbocycles. The van der Waals surface area contributed by atoms with Crippen LogP contribution in [0.3, 0.4) is 0 Å². The Balaban J connectivity index is 3.54. The van der Waals surface area contributed by atoms with Gasteiger partial charge in [-0.05, 0) is 12.1 Å². The van der Waals surface area contributed by atoms with Gasteiger partial charge in [-0.2, -0.15) is 0 Å². The van der Waals surface area contributed by atoms with Crippen LogP contribution in [-0.2, 0) is 5.41 Å². The Morgan fingerprint density at radius 3 is 2.43 bits per heavy atom. The largest absolute Gasteiger partial charge is 0.306 e. The topological polar surface area (TPSA) is 17.3 Å². The van der Waals surface area contributed by atoms with E-state index in [1.807, 2.05) is 22.9 Å². The van der Waals surface area contributed by atoms with Gasteiger partial charge in [0.2, 0.25) is 0 Å². The smallest absolute Gasteiger partial charge is 0.131 e. The molecular weight excluding hydrogens is 172 g/mol. The second-order valence-corrected chi connectivity index (χ2v) is 4.30. The molecule has 0 radical (unpaired) electrons. The minimum atomic E-state index is 0.106. The first kappa shape index (κ1) is 10.8. The summed E-state index contributed by atoms with van der Waals surface area (Å²) in [5, 5.41) is 0. The molecule has 1 heterocycles. The van der Waals surface area contributed by atoms with Gasteiger partial charge in [0, 0.05) is 24.4 Å². The highest BCUT2D eigenvalue weighted by molar-refractivity contribution is 5.27. The van der Waals surface area contributed by atoms with E-state index in [4.69, 9.17) is 0 Å². The minimum Gasteiger partial charge on any atom is -0.306 e. The summed E-state index contributed by atoms with van der Waals surface area (Å²) in [4.78, 5) is 4.21. The molecular formula is C12H18N2. The number of pyridine rings is 1. The van der Waals surface area contributed by atoms with Crippen LogP contribution in [0.25, 0.3) is 6.20 Å². The third-order valence-corrected chi connectivity index (χ3v) is 2.19. The van der Waals surface area contributed by atoms with E-state index in [1.165, 1.54) is 5.69 Å². The van der Waals surface area contributed by atoms with Crippen LogP contribution in [-0.4, -0.2) is 11.6 Å². The Bertz CT molecular complexity index is 392. The first-order chi connectivity index (χ1) is 6.50. The number of hydrogen-bond donors (Lipinski definition) is 0. The summed E-state index contributed by atoms with van der Waals surface area (Å²) >= 11 is 0. The van der Waals surface area contributed by atoms with Crippen LogP contribution < -0.4 is 5.49 Å². The summed E-state index contributed by atoms with van der Waals surface area (Å²) in [5.41, 5.74) is 2.26. The van der Waals surface area contributed by atoms with Crippen LogP contribution in [0.1, 0.15) is 26.5 Å². The maximum absolute atomic E-state index is 4.21. The molecule has 76 valence electrons. The lowest BCUT2D eigenvalue weighted by Gasteiger charge is -2.22. The van der Waals surface area contributed by atoms with Crippen molar-refractivity contribution in [2.24, 2.45) is 4.99 Å². The van der Waals surface area contributed by atoms with Crippen molar-refractivity contribution in [3.05, 3.63) is 36.0 Å². The van der Waals surface area contributed by atoms with Crippen LogP contribution in [0.4, 0.5) is 0 Å². The lowest BCUT2D eigenvalue weighted by Crippen LogP contribution is -2.26. The molecule has 0 amide bonds. The standard InChI is InChI=1S/C12H18N2/c1-6-14-10(12(2,3)4)8-7-9-11(14)13-5/h6-9H,1H2,2-5H3. The minimum absolute atomic E-state index is 0.106. The summed E-state index contributed by atoms with van der Waals surface area (Å²) in [6.07, 6.45) is 1.81. The summed E-state index contributed by atoms with van der Waals surface area (Å²) in [7, 11) is 1.79. The molecule has 2 heteroatoms. The van der Waals surface area contributed by atoms with Crippen LogP contribution in [0.2, 0.25) is 0 Å². The second kappa shape index (κ2) is 3.82. The average molecular weight is 190 g/mol. The van der Waals surface area contributed by atoms with Crippen molar-refractivity contribution >= 4 is 6.20 Å². The summed E-state index contributed by atoms with van der Waals surface area (Å²) in [5.74, 6) is 0. The monoisotopic (exact) mass is 190 g/mol. The lowest BCUT2D eigenvalue weighted by atomic mass is 9.91. The molecule has 1 aromatic rings. The zero-order valence-corrected chi connectivity index (χ0v) is 9.41. The quantitative estimate of drug-likeness (QED) is 0.647. The zero-order chi connectivity index (χ0) is 10.8. The molecule has 1 rings (SSSR count). The highest BCUT2D eigenvalue weighted by Gasteiger charge is 2.16. The molecule has 0 bridgehead atoms. The van der Waals surface area contributed by atoms with Crippen molar-refractivity contribution in [1.82, 2.24) is 4.57 Å². The fourth-order valence-electron chi connectivity index (χ4n) is 1.49. The Hall–Kier alpha value is -1.31. The van der Waals surface area contributed by atoms with E-state index in [9.17, 15) is 0 Å². The van der Waals surface area contributed by atoms with E-state index in [2.05, 4.69) is 38.4 Å². The Morgan fingerprint density at radius 1 is 1.36 bits per heavy atom. The van der Waals surface area contributed by atoms with Gasteiger partial charge in [0.05, 0.1) is 0 Å². The molecule has 0 saturated heterocycles. The Morgan fingerprint density at radius 2 is 2.00 bits per heavy atom. The zero-order valence-electron chi connectivity index (χ0n) is 9.41. The summed E-state index contributed by atoms with van der Waals surface area (Å²) < 4.78 is 2.03. The van der Waals surface area contributed by atoms with Gasteiger partial charge in [-0.3, -0.25) is 4.99 Å². The van der Waals surface area contributed by atoms with E-state index in [0.717, 1.165) is 5.49 Å². The molecule has 0 N–H and O–H groups in total. The number of nitrogens with zero attached hydrogens (tertiary/aromatic N) is 2. The molecule has 0 spiro atoms. The van der Waals surface area contributed by atoms with Crippen molar-refractivity contribution in [2.45, 2.75) is 26.2 Å². The van der Waals surface area contributed by atoms with Crippen LogP contribution >= 0.6 is 0 Å². The third-order valence-electron chi connectivity index (χ3n) is 2.19. The number of aromatic nitrogens is 1. The van der Waals surface area contributed by atoms with Crippen LogP contribution in [0.15, 0.2) is 29.8 Å². The molecule has 0 atom stereocenters. The van der Waals surface area contributed by atoms with Gasteiger partial charge < -0.3 is 4.57 Å². The van der Waals surface area contributed by atoms with Crippen molar-refractivity contribution < 1.29 is 0 Å². The van der Waals surface area contributed by atoms with Crippen molar-refractivity contribution in [3.63, 3.8) is 0 Å². The predicted molar refractivity (Wildman–Crippen MR) is 61.0 cm³/mol. The lowest BCUT2D eigenvalue weighted by molar-refractivity contribution is 0.551. The van der Waals surface area contributed by atoms with Crippen molar-refractivity contribution in [3.8, 4) is 0 Å². The van der Waals surface area contributed by atoms with E-state index >= 15 is 0 Å². The van der Waals surface area contributed by atoms with Gasteiger partial charge in [0.15, 0.2) is 0 Å². The normalized spacial score (nSPS) is 13.0. The number of hydrogen-bond acceptors (Lipinski definition) is 1. The molecule has 0 fully saturated rings. The van der Waals surface area contributed by atoms with Gasteiger partial charge in [0.25, 0.3) is 0 Å². The summed E-state index contributed by atoms with van der Waals surface area (Å²) in [6.45, 7) is 10.4. The second-order valence-electron chi connectivity index (χ2n) is 4.30. The molecule has 14 heavy (non-hydrogen) atoms. The van der Waals surface area contributed by atoms with E-state index < -0.39 is 0 Å². The molecule has 0 aliphatic rings. The van der Waals surface area contributed by atoms with Crippen molar-refractivity contribution in [2.75, 3.05) is 7.05 Å². The first-order valence-electron chi connectivity index (χ1n) is 4.78. The van der Waals surface area contributed by atoms with E-state index in [1.54, 1.807) is 7.05 Å². The highest BCUT2D eigenvalue weighted by Crippen LogP contribution is 2.20. The summed E-state index contributed by atoms with van der Waals surface area (Å²) in [6, 6.07) is 6.12. The molecule has 0 aliphatic carbocycles. The van der Waals surface area contributed by atoms with Crippen LogP contribution in [0.5, 0.6) is 0 Å². The van der Waals surface area contributed by atoms with Gasteiger partial charge in [-0.25, -0.2) is 0 Å². The maximum atomic E-state index is 4.21. The molecule has 0 saturated carbocycles. The fourth-order valence-corrected chi connectivity index (χ4v) is 1.49. The Kier molecular flexibility index (Phi) is 2.94. The van der Waals surface area contributed by atoms with Gasteiger partial charge in [0.1, 0.15) is 5.49 Å². The van der Waals surface area contributed by atoms with Gasteiger partial charge in [-0.15, -0.1) is 0 Å². The van der Waals surface area contributed by atoms with E-state index in [0.29, 0.717) is 0 Å². The predicted octanol–water partition coefficient (Wildman–Crippen LogP) is 2.42. The molecule has 0 unspecified atom stereocenters. The SMILES string of the molecule is C=Cn1c(C(C)(C)C)cccc1=NC. The van der Waals surface area contributed by atoms with E-state index in [-0.39, 0.29) is 5.41 Å². The Labute approximate surface area is 85.6 Å². The molecule has 1 aromatic heterocycles. The molecule has 0 aliphatic heterocycles. The first-order valence-corrected chi connectivity index (χ1v) is 4.78. The van der Waals surface area contributed by atoms with Crippen LogP contribution in [0, 0.1) is 0 Å². The average Bonchev–Trinajstić information content (AvgIpc) is 2.15. The fraction of sp³-hybridized carbons (Fsp3) is 0.417.